The maximum absolute atomic E-state index is 13.0. The van der Waals surface area contributed by atoms with Gasteiger partial charge in [-0.2, -0.15) is 4.98 Å². The monoisotopic (exact) mass is 366 g/mol. The molecule has 2 N–H and O–H groups in total. The van der Waals surface area contributed by atoms with Gasteiger partial charge >= 0.3 is 0 Å². The minimum Gasteiger partial charge on any atom is -0.340 e. The molecule has 2 heterocycles. The van der Waals surface area contributed by atoms with Gasteiger partial charge in [0.15, 0.2) is 0 Å². The molecule has 1 atom stereocenters. The average Bonchev–Trinajstić information content (AvgIpc) is 3.17. The molecule has 8 heteroatoms. The highest BCUT2D eigenvalue weighted by Gasteiger charge is 2.49. The van der Waals surface area contributed by atoms with E-state index in [0.717, 1.165) is 32.2 Å². The number of piperidine rings is 1. The molecular formula is C17H20ClFN4O2. The summed E-state index contributed by atoms with van der Waals surface area (Å²) < 4.78 is 18.4. The fraction of sp³-hybridized carbons (Fsp3) is 0.471. The summed E-state index contributed by atoms with van der Waals surface area (Å²) in [6.07, 6.45) is 3.32. The van der Waals surface area contributed by atoms with E-state index in [1.807, 2.05) is 4.90 Å². The van der Waals surface area contributed by atoms with E-state index in [-0.39, 0.29) is 30.0 Å². The molecule has 4 rings (SSSR count). The number of benzene rings is 1. The fourth-order valence-corrected chi connectivity index (χ4v) is 3.14. The first-order chi connectivity index (χ1) is 11.5. The molecule has 0 radical (unpaired) electrons. The number of nitrogens with zero attached hydrogens (tertiary/aromatic N) is 3. The molecule has 0 spiro atoms. The molecular weight excluding hydrogens is 347 g/mol. The van der Waals surface area contributed by atoms with Crippen molar-refractivity contribution in [3.8, 4) is 11.4 Å². The molecule has 134 valence electrons. The van der Waals surface area contributed by atoms with Gasteiger partial charge in [0.1, 0.15) is 5.82 Å². The van der Waals surface area contributed by atoms with Crippen molar-refractivity contribution in [2.24, 2.45) is 5.73 Å². The number of halogens is 2. The zero-order chi connectivity index (χ0) is 16.7. The highest BCUT2D eigenvalue weighted by atomic mass is 35.5. The summed E-state index contributed by atoms with van der Waals surface area (Å²) in [6, 6.07) is 5.96. The van der Waals surface area contributed by atoms with Gasteiger partial charge in [-0.25, -0.2) is 4.39 Å². The summed E-state index contributed by atoms with van der Waals surface area (Å²) in [6.45, 7) is 1.29. The smallest absolute Gasteiger partial charge is 0.242 e. The molecule has 2 aromatic rings. The van der Waals surface area contributed by atoms with Crippen molar-refractivity contribution in [2.45, 2.75) is 37.1 Å². The molecule has 6 nitrogen and oxygen atoms in total. The first kappa shape index (κ1) is 17.8. The number of nitrogens with two attached hydrogens (primary N) is 1. The Bertz CT molecular complexity index is 760. The quantitative estimate of drug-likeness (QED) is 0.902. The number of carbonyl (C=O) groups is 1. The second-order valence-corrected chi connectivity index (χ2v) is 6.71. The van der Waals surface area contributed by atoms with E-state index in [2.05, 4.69) is 10.1 Å². The van der Waals surface area contributed by atoms with Crippen molar-refractivity contribution in [2.75, 3.05) is 13.1 Å². The lowest BCUT2D eigenvalue weighted by atomic mass is 9.97. The van der Waals surface area contributed by atoms with Crippen molar-refractivity contribution in [3.63, 3.8) is 0 Å². The Labute approximate surface area is 151 Å². The molecule has 0 bridgehead atoms. The van der Waals surface area contributed by atoms with Crippen LogP contribution in [0.25, 0.3) is 11.4 Å². The van der Waals surface area contributed by atoms with Gasteiger partial charge in [0.05, 0.1) is 11.5 Å². The molecule has 1 aliphatic carbocycles. The molecule has 1 aromatic heterocycles. The van der Waals surface area contributed by atoms with E-state index in [4.69, 9.17) is 10.3 Å². The van der Waals surface area contributed by atoms with Gasteiger partial charge in [0, 0.05) is 18.7 Å². The van der Waals surface area contributed by atoms with Crippen LogP contribution in [0.1, 0.15) is 37.5 Å². The van der Waals surface area contributed by atoms with E-state index in [1.54, 1.807) is 12.1 Å². The molecule has 2 aliphatic rings. The number of carbonyl (C=O) groups excluding carboxylic acids is 1. The number of amides is 1. The number of aromatic nitrogens is 2. The zero-order valence-electron chi connectivity index (χ0n) is 13.7. The predicted octanol–water partition coefficient (Wildman–Crippen LogP) is 2.49. The highest BCUT2D eigenvalue weighted by molar-refractivity contribution is 5.89. The van der Waals surface area contributed by atoms with Crippen LogP contribution in [0.5, 0.6) is 0 Å². The van der Waals surface area contributed by atoms with Crippen LogP contribution >= 0.6 is 12.4 Å². The number of hydrogen-bond donors (Lipinski definition) is 1. The standard InChI is InChI=1S/C17H19FN4O2.ClH/c18-13-5-3-11(4-6-13)14-20-15(24-21-14)12-2-1-9-22(10-12)16(23)17(19)7-8-17;/h3-6,12H,1-2,7-10,19H2;1H. The Balaban J connectivity index is 0.00000182. The highest BCUT2D eigenvalue weighted by Crippen LogP contribution is 2.36. The Hall–Kier alpha value is -1.99. The first-order valence-corrected chi connectivity index (χ1v) is 8.23. The lowest BCUT2D eigenvalue weighted by Crippen LogP contribution is -2.49. The number of rotatable bonds is 3. The molecule has 1 unspecified atom stereocenters. The second-order valence-electron chi connectivity index (χ2n) is 6.71. The van der Waals surface area contributed by atoms with Gasteiger partial charge in [-0.15, -0.1) is 12.4 Å². The van der Waals surface area contributed by atoms with Gasteiger partial charge in [-0.05, 0) is 49.9 Å². The SMILES string of the molecule is Cl.NC1(C(=O)N2CCCC(c3nc(-c4ccc(F)cc4)no3)C2)CC1. The van der Waals surface area contributed by atoms with E-state index in [9.17, 15) is 9.18 Å². The molecule has 1 saturated heterocycles. The molecule has 1 aromatic carbocycles. The van der Waals surface area contributed by atoms with Crippen molar-refractivity contribution in [3.05, 3.63) is 36.0 Å². The minimum absolute atomic E-state index is 0. The van der Waals surface area contributed by atoms with Gasteiger partial charge in [0.2, 0.25) is 17.6 Å². The van der Waals surface area contributed by atoms with Crippen molar-refractivity contribution >= 4 is 18.3 Å². The van der Waals surface area contributed by atoms with Crippen molar-refractivity contribution in [1.82, 2.24) is 15.0 Å². The van der Waals surface area contributed by atoms with E-state index in [0.29, 0.717) is 23.8 Å². The van der Waals surface area contributed by atoms with Crippen LogP contribution in [0, 0.1) is 5.82 Å². The maximum atomic E-state index is 13.0. The third-order valence-electron chi connectivity index (χ3n) is 4.82. The lowest BCUT2D eigenvalue weighted by Gasteiger charge is -2.32. The van der Waals surface area contributed by atoms with Crippen LogP contribution in [-0.4, -0.2) is 39.6 Å². The third kappa shape index (κ3) is 3.52. The summed E-state index contributed by atoms with van der Waals surface area (Å²) >= 11 is 0. The van der Waals surface area contributed by atoms with Crippen LogP contribution in [0.4, 0.5) is 4.39 Å². The first-order valence-electron chi connectivity index (χ1n) is 8.23. The number of likely N-dealkylation sites (tertiary alicyclic amines) is 1. The van der Waals surface area contributed by atoms with E-state index in [1.165, 1.54) is 12.1 Å². The second kappa shape index (κ2) is 6.72. The molecule has 1 saturated carbocycles. The van der Waals surface area contributed by atoms with Gasteiger partial charge in [-0.3, -0.25) is 4.79 Å². The van der Waals surface area contributed by atoms with Crippen molar-refractivity contribution < 1.29 is 13.7 Å². The summed E-state index contributed by atoms with van der Waals surface area (Å²) in [7, 11) is 0. The van der Waals surface area contributed by atoms with Gasteiger partial charge in [-0.1, -0.05) is 5.16 Å². The largest absolute Gasteiger partial charge is 0.340 e. The van der Waals surface area contributed by atoms with Crippen molar-refractivity contribution in [1.29, 1.82) is 0 Å². The van der Waals surface area contributed by atoms with Crippen LogP contribution in [-0.2, 0) is 4.79 Å². The normalized spacial score (nSPS) is 21.5. The Morgan fingerprint density at radius 3 is 2.72 bits per heavy atom. The van der Waals surface area contributed by atoms with Crippen LogP contribution in [0.2, 0.25) is 0 Å². The Kier molecular flexibility index (Phi) is 4.79. The van der Waals surface area contributed by atoms with Crippen LogP contribution in [0.15, 0.2) is 28.8 Å². The molecule has 1 aliphatic heterocycles. The number of hydrogen-bond acceptors (Lipinski definition) is 5. The maximum Gasteiger partial charge on any atom is 0.242 e. The van der Waals surface area contributed by atoms with E-state index >= 15 is 0 Å². The van der Waals surface area contributed by atoms with E-state index < -0.39 is 5.54 Å². The fourth-order valence-electron chi connectivity index (χ4n) is 3.14. The average molecular weight is 367 g/mol. The molecule has 2 fully saturated rings. The van der Waals surface area contributed by atoms with Gasteiger partial charge in [0.25, 0.3) is 0 Å². The third-order valence-corrected chi connectivity index (χ3v) is 4.82. The Morgan fingerprint density at radius 2 is 2.04 bits per heavy atom. The summed E-state index contributed by atoms with van der Waals surface area (Å²) in [5.41, 5.74) is 6.08. The zero-order valence-corrected chi connectivity index (χ0v) is 14.5. The Morgan fingerprint density at radius 1 is 1.32 bits per heavy atom. The lowest BCUT2D eigenvalue weighted by molar-refractivity contribution is -0.134. The summed E-state index contributed by atoms with van der Waals surface area (Å²) in [5.74, 6) is 0.705. The summed E-state index contributed by atoms with van der Waals surface area (Å²) in [4.78, 5) is 18.7. The minimum atomic E-state index is -0.643. The molecule has 1 amide bonds. The summed E-state index contributed by atoms with van der Waals surface area (Å²) in [5, 5.41) is 3.99. The topological polar surface area (TPSA) is 85.3 Å². The van der Waals surface area contributed by atoms with Crippen LogP contribution in [0.3, 0.4) is 0 Å². The van der Waals surface area contributed by atoms with Crippen LogP contribution < -0.4 is 5.73 Å². The van der Waals surface area contributed by atoms with Gasteiger partial charge < -0.3 is 15.2 Å². The predicted molar refractivity (Wildman–Crippen MR) is 91.6 cm³/mol. The molecule has 25 heavy (non-hydrogen) atoms.